The van der Waals surface area contributed by atoms with E-state index in [-0.39, 0.29) is 0 Å². The number of anilines is 1. The van der Waals surface area contributed by atoms with Gasteiger partial charge in [-0.15, -0.1) is 0 Å². The maximum Gasteiger partial charge on any atom is 0.141 e. The molecule has 0 aliphatic carbocycles. The van der Waals surface area contributed by atoms with Crippen molar-refractivity contribution in [1.82, 2.24) is 0 Å². The molecule has 19 heavy (non-hydrogen) atoms. The molecule has 0 aliphatic rings. The van der Waals surface area contributed by atoms with Gasteiger partial charge in [-0.2, -0.15) is 0 Å². The zero-order valence-electron chi connectivity index (χ0n) is 10.9. The van der Waals surface area contributed by atoms with Gasteiger partial charge in [-0.1, -0.05) is 23.7 Å². The van der Waals surface area contributed by atoms with Crippen molar-refractivity contribution in [3.8, 4) is 11.5 Å². The highest BCUT2D eigenvalue weighted by atomic mass is 35.5. The van der Waals surface area contributed by atoms with Crippen LogP contribution in [0.1, 0.15) is 11.1 Å². The minimum absolute atomic E-state index is 0.440. The molecule has 0 aliphatic heterocycles. The fraction of sp³-hybridized carbons (Fsp3) is 0.200. The third kappa shape index (κ3) is 3.32. The summed E-state index contributed by atoms with van der Waals surface area (Å²) in [5.74, 6) is 1.45. The van der Waals surface area contributed by atoms with Crippen LogP contribution < -0.4 is 15.2 Å². The molecule has 0 bridgehead atoms. The number of nitrogens with two attached hydrogens (primary N) is 1. The van der Waals surface area contributed by atoms with E-state index >= 15 is 0 Å². The summed E-state index contributed by atoms with van der Waals surface area (Å²) >= 11 is 5.95. The summed E-state index contributed by atoms with van der Waals surface area (Å²) in [5, 5.41) is 0.662. The number of methoxy groups -OCH3 is 1. The van der Waals surface area contributed by atoms with Crippen molar-refractivity contribution in [3.63, 3.8) is 0 Å². The summed E-state index contributed by atoms with van der Waals surface area (Å²) < 4.78 is 10.9. The maximum atomic E-state index is 5.95. The van der Waals surface area contributed by atoms with Gasteiger partial charge in [0.05, 0.1) is 12.8 Å². The summed E-state index contributed by atoms with van der Waals surface area (Å²) in [7, 11) is 1.59. The molecule has 0 unspecified atom stereocenters. The first kappa shape index (κ1) is 13.6. The quantitative estimate of drug-likeness (QED) is 0.864. The van der Waals surface area contributed by atoms with Crippen molar-refractivity contribution >= 4 is 17.3 Å². The van der Waals surface area contributed by atoms with Gasteiger partial charge < -0.3 is 15.2 Å². The molecule has 3 nitrogen and oxygen atoms in total. The molecule has 0 heterocycles. The Balaban J connectivity index is 2.10. The van der Waals surface area contributed by atoms with Gasteiger partial charge >= 0.3 is 0 Å². The summed E-state index contributed by atoms with van der Waals surface area (Å²) in [6.45, 7) is 2.42. The standard InChI is InChI=1S/C15H16ClNO2/c1-10-3-5-12(16)8-15(10)19-9-11-4-6-14(18-2)13(17)7-11/h3-8H,9,17H2,1-2H3. The monoisotopic (exact) mass is 277 g/mol. The van der Waals surface area contributed by atoms with Crippen molar-refractivity contribution in [3.05, 3.63) is 52.5 Å². The lowest BCUT2D eigenvalue weighted by Gasteiger charge is -2.11. The number of ether oxygens (including phenoxy) is 2. The number of hydrogen-bond acceptors (Lipinski definition) is 3. The predicted octanol–water partition coefficient (Wildman–Crippen LogP) is 3.82. The highest BCUT2D eigenvalue weighted by molar-refractivity contribution is 6.30. The summed E-state index contributed by atoms with van der Waals surface area (Å²) in [4.78, 5) is 0. The van der Waals surface area contributed by atoms with E-state index in [1.165, 1.54) is 0 Å². The average molecular weight is 278 g/mol. The molecule has 2 rings (SSSR count). The van der Waals surface area contributed by atoms with E-state index in [4.69, 9.17) is 26.8 Å². The zero-order chi connectivity index (χ0) is 13.8. The normalized spacial score (nSPS) is 10.3. The second-order valence-electron chi connectivity index (χ2n) is 4.27. The molecule has 0 radical (unpaired) electrons. The van der Waals surface area contributed by atoms with Crippen LogP contribution in [0.5, 0.6) is 11.5 Å². The molecular weight excluding hydrogens is 262 g/mol. The van der Waals surface area contributed by atoms with Gasteiger partial charge in [-0.05, 0) is 42.3 Å². The molecular formula is C15H16ClNO2. The van der Waals surface area contributed by atoms with Crippen molar-refractivity contribution < 1.29 is 9.47 Å². The van der Waals surface area contributed by atoms with Gasteiger partial charge in [0.15, 0.2) is 0 Å². The van der Waals surface area contributed by atoms with Crippen molar-refractivity contribution in [1.29, 1.82) is 0 Å². The van der Waals surface area contributed by atoms with E-state index in [1.807, 2.05) is 43.3 Å². The van der Waals surface area contributed by atoms with Crippen LogP contribution in [0.15, 0.2) is 36.4 Å². The fourth-order valence-electron chi connectivity index (χ4n) is 1.76. The predicted molar refractivity (Wildman–Crippen MR) is 77.9 cm³/mol. The number of hydrogen-bond donors (Lipinski definition) is 1. The van der Waals surface area contributed by atoms with Gasteiger partial charge in [0.25, 0.3) is 0 Å². The van der Waals surface area contributed by atoms with Gasteiger partial charge in [0.2, 0.25) is 0 Å². The molecule has 0 saturated carbocycles. The summed E-state index contributed by atoms with van der Waals surface area (Å²) in [5.41, 5.74) is 8.49. The molecule has 2 aromatic carbocycles. The first-order valence-electron chi connectivity index (χ1n) is 5.91. The van der Waals surface area contributed by atoms with Crippen LogP contribution in [0.2, 0.25) is 5.02 Å². The Morgan fingerprint density at radius 3 is 2.58 bits per heavy atom. The Morgan fingerprint density at radius 1 is 1.11 bits per heavy atom. The number of benzene rings is 2. The third-order valence-corrected chi connectivity index (χ3v) is 3.07. The molecule has 2 aromatic rings. The molecule has 0 fully saturated rings. The highest BCUT2D eigenvalue weighted by Crippen LogP contribution is 2.25. The van der Waals surface area contributed by atoms with Gasteiger partial charge in [-0.3, -0.25) is 0 Å². The molecule has 0 aromatic heterocycles. The van der Waals surface area contributed by atoms with E-state index in [0.717, 1.165) is 16.9 Å². The second-order valence-corrected chi connectivity index (χ2v) is 4.71. The largest absolute Gasteiger partial charge is 0.495 e. The van der Waals surface area contributed by atoms with Crippen LogP contribution in [0.25, 0.3) is 0 Å². The number of rotatable bonds is 4. The average Bonchev–Trinajstić information content (AvgIpc) is 2.40. The van der Waals surface area contributed by atoms with Crippen molar-refractivity contribution in [2.45, 2.75) is 13.5 Å². The Bertz CT molecular complexity index is 584. The zero-order valence-corrected chi connectivity index (χ0v) is 11.7. The van der Waals surface area contributed by atoms with Crippen LogP contribution in [-0.4, -0.2) is 7.11 Å². The topological polar surface area (TPSA) is 44.5 Å². The molecule has 0 saturated heterocycles. The minimum Gasteiger partial charge on any atom is -0.495 e. The molecule has 0 spiro atoms. The van der Waals surface area contributed by atoms with Crippen molar-refractivity contribution in [2.75, 3.05) is 12.8 Å². The SMILES string of the molecule is COc1ccc(COc2cc(Cl)ccc2C)cc1N. The lowest BCUT2D eigenvalue weighted by molar-refractivity contribution is 0.304. The smallest absolute Gasteiger partial charge is 0.141 e. The molecule has 0 atom stereocenters. The molecule has 0 amide bonds. The Morgan fingerprint density at radius 2 is 1.89 bits per heavy atom. The van der Waals surface area contributed by atoms with Crippen LogP contribution in [0, 0.1) is 6.92 Å². The van der Waals surface area contributed by atoms with Gasteiger partial charge in [0.1, 0.15) is 18.1 Å². The third-order valence-electron chi connectivity index (χ3n) is 2.84. The Kier molecular flexibility index (Phi) is 4.17. The van der Waals surface area contributed by atoms with Crippen LogP contribution in [0.3, 0.4) is 0 Å². The van der Waals surface area contributed by atoms with Crippen LogP contribution >= 0.6 is 11.6 Å². The molecule has 100 valence electrons. The van der Waals surface area contributed by atoms with Crippen LogP contribution in [0.4, 0.5) is 5.69 Å². The highest BCUT2D eigenvalue weighted by Gasteiger charge is 2.04. The number of aryl methyl sites for hydroxylation is 1. The van der Waals surface area contributed by atoms with E-state index in [9.17, 15) is 0 Å². The molecule has 2 N–H and O–H groups in total. The minimum atomic E-state index is 0.440. The van der Waals surface area contributed by atoms with Gasteiger partial charge in [-0.25, -0.2) is 0 Å². The van der Waals surface area contributed by atoms with E-state index in [1.54, 1.807) is 7.11 Å². The maximum absolute atomic E-state index is 5.95. The van der Waals surface area contributed by atoms with Gasteiger partial charge in [0, 0.05) is 5.02 Å². The first-order chi connectivity index (χ1) is 9.10. The number of halogens is 1. The number of nitrogen functional groups attached to an aromatic ring is 1. The fourth-order valence-corrected chi connectivity index (χ4v) is 1.93. The second kappa shape index (κ2) is 5.85. The summed E-state index contributed by atoms with van der Waals surface area (Å²) in [6.07, 6.45) is 0. The molecule has 4 heteroatoms. The first-order valence-corrected chi connectivity index (χ1v) is 6.29. The Labute approximate surface area is 117 Å². The van der Waals surface area contributed by atoms with E-state index in [0.29, 0.717) is 23.1 Å². The lowest BCUT2D eigenvalue weighted by atomic mass is 10.2. The van der Waals surface area contributed by atoms with E-state index < -0.39 is 0 Å². The van der Waals surface area contributed by atoms with Crippen LogP contribution in [-0.2, 0) is 6.61 Å². The van der Waals surface area contributed by atoms with Crippen molar-refractivity contribution in [2.24, 2.45) is 0 Å². The lowest BCUT2D eigenvalue weighted by Crippen LogP contribution is -1.99. The summed E-state index contributed by atoms with van der Waals surface area (Å²) in [6, 6.07) is 11.2. The Hall–Kier alpha value is -1.87. The van der Waals surface area contributed by atoms with E-state index in [2.05, 4.69) is 0 Å².